The average molecular weight is 406 g/mol. The molecule has 1 amide bonds. The lowest BCUT2D eigenvalue weighted by Gasteiger charge is -2.04. The maximum absolute atomic E-state index is 11.4. The van der Waals surface area contributed by atoms with Crippen LogP contribution in [0.25, 0.3) is 10.9 Å². The minimum Gasteiger partial charge on any atom is -0.493 e. The zero-order valence-electron chi connectivity index (χ0n) is 16.0. The Labute approximate surface area is 170 Å². The fraction of sp³-hybridized carbons (Fsp3) is 0.150. The highest BCUT2D eigenvalue weighted by Gasteiger charge is 2.18. The minimum absolute atomic E-state index is 0.00750. The average Bonchev–Trinajstić information content (AvgIpc) is 3.29. The predicted molar refractivity (Wildman–Crippen MR) is 108 cm³/mol. The lowest BCUT2D eigenvalue weighted by Crippen LogP contribution is -2.18. The molecule has 0 aliphatic carbocycles. The van der Waals surface area contributed by atoms with Crippen LogP contribution in [0.1, 0.15) is 27.2 Å². The van der Waals surface area contributed by atoms with E-state index in [0.717, 1.165) is 11.1 Å². The van der Waals surface area contributed by atoms with Crippen molar-refractivity contribution < 1.29 is 15.1 Å². The first-order valence-electron chi connectivity index (χ1n) is 9.07. The second-order valence-corrected chi connectivity index (χ2v) is 6.92. The summed E-state index contributed by atoms with van der Waals surface area (Å²) in [5.41, 5.74) is 5.05. The highest BCUT2D eigenvalue weighted by molar-refractivity contribution is 5.95. The van der Waals surface area contributed by atoms with Gasteiger partial charge in [0.05, 0.1) is 24.8 Å². The van der Waals surface area contributed by atoms with E-state index in [2.05, 4.69) is 15.5 Å². The van der Waals surface area contributed by atoms with Crippen LogP contribution in [0, 0.1) is 11.8 Å². The van der Waals surface area contributed by atoms with Gasteiger partial charge < -0.3 is 9.67 Å². The quantitative estimate of drug-likeness (QED) is 0.256. The molecule has 2 aromatic carbocycles. The summed E-state index contributed by atoms with van der Waals surface area (Å²) in [7, 11) is 0. The number of nitrogens with zero attached hydrogens (tertiary/aromatic N) is 5. The Morgan fingerprint density at radius 1 is 1.17 bits per heavy atom. The number of aryl methyl sites for hydroxylation is 1. The standard InChI is InChI=1S/C20H18N6O4/c1-12-2-7-17-16(8-12)18(22-29)20(28)26(17)11-15-10-25(24-21-15)9-13-3-5-14(6-4-13)19(27)23-30/h2-8,10,28,30H,9,11H2,1H3,(H,23,27). The van der Waals surface area contributed by atoms with Crippen LogP contribution in [0.4, 0.5) is 5.69 Å². The van der Waals surface area contributed by atoms with Crippen molar-refractivity contribution in [3.8, 4) is 5.88 Å². The van der Waals surface area contributed by atoms with Gasteiger partial charge in [-0.05, 0) is 41.9 Å². The van der Waals surface area contributed by atoms with Gasteiger partial charge in [-0.15, -0.1) is 10.0 Å². The number of hydrogen-bond acceptors (Lipinski definition) is 7. The molecule has 0 saturated heterocycles. The Hall–Kier alpha value is -4.05. The van der Waals surface area contributed by atoms with Gasteiger partial charge in [-0.3, -0.25) is 10.0 Å². The predicted octanol–water partition coefficient (Wildman–Crippen LogP) is 2.86. The molecule has 0 saturated carbocycles. The number of amides is 1. The molecule has 0 fully saturated rings. The van der Waals surface area contributed by atoms with E-state index in [1.807, 2.05) is 19.1 Å². The minimum atomic E-state index is -0.581. The molecule has 0 aliphatic rings. The number of hydrogen-bond donors (Lipinski definition) is 3. The summed E-state index contributed by atoms with van der Waals surface area (Å²) in [5.74, 6) is -0.791. The molecular weight excluding hydrogens is 388 g/mol. The number of carbonyl (C=O) groups is 1. The van der Waals surface area contributed by atoms with Crippen LogP contribution in [-0.4, -0.2) is 35.8 Å². The van der Waals surface area contributed by atoms with Gasteiger partial charge in [-0.1, -0.05) is 29.0 Å². The fourth-order valence-electron chi connectivity index (χ4n) is 3.35. The molecule has 10 heteroatoms. The van der Waals surface area contributed by atoms with Crippen LogP contribution in [0.3, 0.4) is 0 Å². The van der Waals surface area contributed by atoms with Gasteiger partial charge in [-0.2, -0.15) is 0 Å². The van der Waals surface area contributed by atoms with Crippen molar-refractivity contribution in [3.05, 3.63) is 76.0 Å². The molecule has 4 rings (SSSR count). The van der Waals surface area contributed by atoms with Crippen molar-refractivity contribution in [1.29, 1.82) is 0 Å². The summed E-state index contributed by atoms with van der Waals surface area (Å²) in [6.07, 6.45) is 1.74. The van der Waals surface area contributed by atoms with Crippen LogP contribution in [0.2, 0.25) is 0 Å². The Kier molecular flexibility index (Phi) is 4.98. The summed E-state index contributed by atoms with van der Waals surface area (Å²) < 4.78 is 3.20. The number of nitroso groups, excluding NO2 is 1. The highest BCUT2D eigenvalue weighted by atomic mass is 16.5. The van der Waals surface area contributed by atoms with Gasteiger partial charge in [-0.25, -0.2) is 10.2 Å². The Morgan fingerprint density at radius 3 is 2.63 bits per heavy atom. The summed E-state index contributed by atoms with van der Waals surface area (Å²) >= 11 is 0. The lowest BCUT2D eigenvalue weighted by molar-refractivity contribution is 0.0706. The molecule has 2 aromatic heterocycles. The second-order valence-electron chi connectivity index (χ2n) is 6.92. The first-order chi connectivity index (χ1) is 14.5. The van der Waals surface area contributed by atoms with Crippen LogP contribution < -0.4 is 5.48 Å². The van der Waals surface area contributed by atoms with Crippen LogP contribution in [-0.2, 0) is 13.1 Å². The third-order valence-electron chi connectivity index (χ3n) is 4.83. The number of carbonyl (C=O) groups excluding carboxylic acids is 1. The Morgan fingerprint density at radius 2 is 1.93 bits per heavy atom. The Balaban J connectivity index is 1.56. The molecule has 30 heavy (non-hydrogen) atoms. The molecular formula is C20H18N6O4. The van der Waals surface area contributed by atoms with E-state index in [4.69, 9.17) is 5.21 Å². The second kappa shape index (κ2) is 7.76. The van der Waals surface area contributed by atoms with Crippen LogP contribution >= 0.6 is 0 Å². The van der Waals surface area contributed by atoms with E-state index in [9.17, 15) is 14.8 Å². The molecule has 10 nitrogen and oxygen atoms in total. The van der Waals surface area contributed by atoms with Gasteiger partial charge in [0.1, 0.15) is 5.69 Å². The normalized spacial score (nSPS) is 11.0. The maximum Gasteiger partial charge on any atom is 0.274 e. The number of aromatic hydroxyl groups is 1. The number of hydroxylamine groups is 1. The molecule has 0 atom stereocenters. The largest absolute Gasteiger partial charge is 0.493 e. The van der Waals surface area contributed by atoms with E-state index in [1.54, 1.807) is 51.3 Å². The van der Waals surface area contributed by atoms with Gasteiger partial charge in [0, 0.05) is 10.9 Å². The number of benzene rings is 2. The first kappa shape index (κ1) is 19.3. The molecule has 3 N–H and O–H groups in total. The summed E-state index contributed by atoms with van der Waals surface area (Å²) in [5, 5.41) is 30.9. The maximum atomic E-state index is 11.4. The van der Waals surface area contributed by atoms with Crippen LogP contribution in [0.5, 0.6) is 5.88 Å². The van der Waals surface area contributed by atoms with Crippen molar-refractivity contribution in [3.63, 3.8) is 0 Å². The molecule has 0 bridgehead atoms. The van der Waals surface area contributed by atoms with Crippen molar-refractivity contribution in [2.45, 2.75) is 20.0 Å². The monoisotopic (exact) mass is 406 g/mol. The van der Waals surface area contributed by atoms with Gasteiger partial charge >= 0.3 is 0 Å². The highest BCUT2D eigenvalue weighted by Crippen LogP contribution is 2.39. The summed E-state index contributed by atoms with van der Waals surface area (Å²) in [4.78, 5) is 22.6. The van der Waals surface area contributed by atoms with E-state index in [-0.39, 0.29) is 18.1 Å². The van der Waals surface area contributed by atoms with E-state index >= 15 is 0 Å². The molecule has 152 valence electrons. The van der Waals surface area contributed by atoms with Gasteiger partial charge in [0.2, 0.25) is 5.88 Å². The smallest absolute Gasteiger partial charge is 0.274 e. The summed E-state index contributed by atoms with van der Waals surface area (Å²) in [6, 6.07) is 12.2. The van der Waals surface area contributed by atoms with Crippen molar-refractivity contribution in [1.82, 2.24) is 25.0 Å². The molecule has 2 heterocycles. The van der Waals surface area contributed by atoms with Gasteiger partial charge in [0.25, 0.3) is 5.91 Å². The molecule has 0 radical (unpaired) electrons. The van der Waals surface area contributed by atoms with Gasteiger partial charge in [0.15, 0.2) is 5.69 Å². The number of rotatable bonds is 6. The fourth-order valence-corrected chi connectivity index (χ4v) is 3.35. The van der Waals surface area contributed by atoms with Crippen LogP contribution in [0.15, 0.2) is 53.8 Å². The van der Waals surface area contributed by atoms with Crippen molar-refractivity contribution >= 4 is 22.5 Å². The first-order valence-corrected chi connectivity index (χ1v) is 9.07. The summed E-state index contributed by atoms with van der Waals surface area (Å²) in [6.45, 7) is 2.54. The SMILES string of the molecule is Cc1ccc2c(c1)c(N=O)c(O)n2Cc1cn(Cc2ccc(C(=O)NO)cc2)nn1. The number of nitrogens with one attached hydrogen (secondary N) is 1. The van der Waals surface area contributed by atoms with E-state index in [0.29, 0.717) is 28.7 Å². The Bertz CT molecular complexity index is 1240. The third-order valence-corrected chi connectivity index (χ3v) is 4.83. The molecule has 4 aromatic rings. The molecule has 0 unspecified atom stereocenters. The topological polar surface area (TPSA) is 135 Å². The lowest BCUT2D eigenvalue weighted by atomic mass is 10.1. The number of aromatic nitrogens is 4. The van der Waals surface area contributed by atoms with Crippen molar-refractivity contribution in [2.75, 3.05) is 0 Å². The zero-order valence-corrected chi connectivity index (χ0v) is 16.0. The van der Waals surface area contributed by atoms with E-state index < -0.39 is 5.91 Å². The van der Waals surface area contributed by atoms with E-state index in [1.165, 1.54) is 0 Å². The molecule has 0 aliphatic heterocycles. The van der Waals surface area contributed by atoms with Crippen molar-refractivity contribution in [2.24, 2.45) is 5.18 Å². The number of fused-ring (bicyclic) bond motifs is 1. The zero-order chi connectivity index (χ0) is 21.3. The molecule has 0 spiro atoms. The third kappa shape index (κ3) is 3.51.